The SMILES string of the molecule is CNC[C@@H]1OCCCC[C@H](C)Oc2ccc(NS(=O)(=O)c3ccc(C)cc3)cc2C(=O)N([C@@H](C)CO)C[C@H]1C. The third kappa shape index (κ3) is 8.41. The molecule has 216 valence electrons. The van der Waals surface area contributed by atoms with Gasteiger partial charge in [-0.05, 0) is 77.4 Å². The molecule has 1 aliphatic rings. The number of hydrogen-bond acceptors (Lipinski definition) is 7. The van der Waals surface area contributed by atoms with Gasteiger partial charge in [-0.25, -0.2) is 8.42 Å². The third-order valence-corrected chi connectivity index (χ3v) is 8.44. The Labute approximate surface area is 232 Å². The van der Waals surface area contributed by atoms with Gasteiger partial charge in [-0.1, -0.05) is 24.6 Å². The van der Waals surface area contributed by atoms with Crippen LogP contribution in [0.4, 0.5) is 5.69 Å². The number of aryl methyl sites for hydroxylation is 1. The lowest BCUT2D eigenvalue weighted by atomic mass is 10.0. The summed E-state index contributed by atoms with van der Waals surface area (Å²) in [5.74, 6) is 0.0146. The molecule has 1 amide bonds. The van der Waals surface area contributed by atoms with Gasteiger partial charge in [0, 0.05) is 31.3 Å². The Bertz CT molecular complexity index is 1190. The monoisotopic (exact) mass is 561 g/mol. The number of nitrogens with one attached hydrogen (secondary N) is 2. The highest BCUT2D eigenvalue weighted by atomic mass is 32.2. The minimum atomic E-state index is -3.87. The van der Waals surface area contributed by atoms with Crippen LogP contribution in [0.3, 0.4) is 0 Å². The van der Waals surface area contributed by atoms with Crippen LogP contribution in [0.2, 0.25) is 0 Å². The Morgan fingerprint density at radius 3 is 2.51 bits per heavy atom. The fourth-order valence-corrected chi connectivity index (χ4v) is 5.66. The number of nitrogens with zero attached hydrogens (tertiary/aromatic N) is 1. The Kier molecular flexibility index (Phi) is 11.2. The average Bonchev–Trinajstić information content (AvgIpc) is 2.90. The summed E-state index contributed by atoms with van der Waals surface area (Å²) in [5.41, 5.74) is 1.44. The van der Waals surface area contributed by atoms with Crippen LogP contribution < -0.4 is 14.8 Å². The first-order valence-electron chi connectivity index (χ1n) is 13.6. The summed E-state index contributed by atoms with van der Waals surface area (Å²) in [6, 6.07) is 10.8. The summed E-state index contributed by atoms with van der Waals surface area (Å²) in [7, 11) is -2.00. The summed E-state index contributed by atoms with van der Waals surface area (Å²) in [6.45, 7) is 9.04. The van der Waals surface area contributed by atoms with Gasteiger partial charge >= 0.3 is 0 Å². The number of amides is 1. The third-order valence-electron chi connectivity index (χ3n) is 7.04. The van der Waals surface area contributed by atoms with Crippen molar-refractivity contribution in [3.05, 3.63) is 53.6 Å². The number of ether oxygens (including phenoxy) is 2. The molecule has 0 spiro atoms. The zero-order valence-electron chi connectivity index (χ0n) is 23.6. The van der Waals surface area contributed by atoms with Gasteiger partial charge in [0.25, 0.3) is 15.9 Å². The topological polar surface area (TPSA) is 117 Å². The van der Waals surface area contributed by atoms with Gasteiger partial charge in [-0.15, -0.1) is 0 Å². The first-order valence-corrected chi connectivity index (χ1v) is 15.1. The molecule has 2 aromatic rings. The largest absolute Gasteiger partial charge is 0.490 e. The number of fused-ring (bicyclic) bond motifs is 1. The summed E-state index contributed by atoms with van der Waals surface area (Å²) >= 11 is 0. The lowest BCUT2D eigenvalue weighted by molar-refractivity contribution is -0.000450. The van der Waals surface area contributed by atoms with Gasteiger partial charge in [0.05, 0.1) is 35.3 Å². The van der Waals surface area contributed by atoms with Crippen molar-refractivity contribution in [3.8, 4) is 5.75 Å². The molecule has 10 heteroatoms. The molecule has 0 aromatic heterocycles. The molecule has 1 heterocycles. The highest BCUT2D eigenvalue weighted by Gasteiger charge is 2.30. The minimum Gasteiger partial charge on any atom is -0.490 e. The molecule has 4 atom stereocenters. The van der Waals surface area contributed by atoms with Crippen LogP contribution in [0, 0.1) is 12.8 Å². The molecule has 0 aliphatic carbocycles. The van der Waals surface area contributed by atoms with Gasteiger partial charge in [0.2, 0.25) is 0 Å². The molecule has 3 rings (SSSR count). The molecule has 39 heavy (non-hydrogen) atoms. The summed E-state index contributed by atoms with van der Waals surface area (Å²) in [4.78, 5) is 15.8. The summed E-state index contributed by atoms with van der Waals surface area (Å²) < 4.78 is 41.1. The van der Waals surface area contributed by atoms with Gasteiger partial charge in [0.15, 0.2) is 0 Å². The second-order valence-electron chi connectivity index (χ2n) is 10.5. The number of carbonyl (C=O) groups is 1. The number of rotatable bonds is 7. The number of sulfonamides is 1. The van der Waals surface area contributed by atoms with E-state index in [0.29, 0.717) is 25.4 Å². The van der Waals surface area contributed by atoms with E-state index in [0.717, 1.165) is 24.8 Å². The fourth-order valence-electron chi connectivity index (χ4n) is 4.61. The minimum absolute atomic E-state index is 0.0233. The van der Waals surface area contributed by atoms with E-state index in [2.05, 4.69) is 10.0 Å². The number of likely N-dealkylation sites (N-methyl/N-ethyl adjacent to an activating group) is 1. The van der Waals surface area contributed by atoms with Crippen molar-refractivity contribution >= 4 is 21.6 Å². The predicted octanol–water partition coefficient (Wildman–Crippen LogP) is 3.81. The molecular weight excluding hydrogens is 518 g/mol. The standard InChI is InChI=1S/C29H43N3O6S/c1-20-9-12-25(13-10-20)39(35,36)31-24-11-14-27-26(16-24)29(34)32(22(3)19-33)18-21(2)28(17-30-5)37-15-7-6-8-23(4)38-27/h9-14,16,21-23,28,30-31,33H,6-8,15,17-19H2,1-5H3/t21-,22+,23+,28+/m1/s1. The highest BCUT2D eigenvalue weighted by molar-refractivity contribution is 7.92. The van der Waals surface area contributed by atoms with Gasteiger partial charge in [0.1, 0.15) is 5.75 Å². The quantitative estimate of drug-likeness (QED) is 0.471. The maximum atomic E-state index is 14.1. The maximum Gasteiger partial charge on any atom is 0.261 e. The molecule has 1 aliphatic heterocycles. The van der Waals surface area contributed by atoms with E-state index in [-0.39, 0.29) is 46.8 Å². The zero-order valence-corrected chi connectivity index (χ0v) is 24.5. The number of aliphatic hydroxyl groups is 1. The molecule has 0 fully saturated rings. The van der Waals surface area contributed by atoms with Crippen LogP contribution in [-0.2, 0) is 14.8 Å². The second kappa shape index (κ2) is 14.1. The molecule has 3 N–H and O–H groups in total. The van der Waals surface area contributed by atoms with E-state index in [1.807, 2.05) is 27.8 Å². The smallest absolute Gasteiger partial charge is 0.261 e. The molecule has 0 bridgehead atoms. The molecule has 0 saturated heterocycles. The Balaban J connectivity index is 2.02. The first kappa shape index (κ1) is 30.9. The highest BCUT2D eigenvalue weighted by Crippen LogP contribution is 2.29. The predicted molar refractivity (Wildman–Crippen MR) is 153 cm³/mol. The van der Waals surface area contributed by atoms with E-state index < -0.39 is 16.1 Å². The molecule has 2 aromatic carbocycles. The lowest BCUT2D eigenvalue weighted by Gasteiger charge is -2.34. The molecule has 0 saturated carbocycles. The number of anilines is 1. The number of hydrogen-bond donors (Lipinski definition) is 3. The number of aliphatic hydroxyl groups excluding tert-OH is 1. The van der Waals surface area contributed by atoms with Gasteiger partial charge < -0.3 is 24.8 Å². The maximum absolute atomic E-state index is 14.1. The molecule has 9 nitrogen and oxygen atoms in total. The van der Waals surface area contributed by atoms with Gasteiger partial charge in [-0.2, -0.15) is 0 Å². The zero-order chi connectivity index (χ0) is 28.6. The van der Waals surface area contributed by atoms with Crippen molar-refractivity contribution < 1.29 is 27.8 Å². The summed E-state index contributed by atoms with van der Waals surface area (Å²) in [6.07, 6.45) is 2.31. The Morgan fingerprint density at radius 1 is 1.13 bits per heavy atom. The van der Waals surface area contributed by atoms with Crippen LogP contribution in [0.5, 0.6) is 5.75 Å². The fraction of sp³-hybridized carbons (Fsp3) is 0.552. The molecule has 0 unspecified atom stereocenters. The molecular formula is C29H43N3O6S. The van der Waals surface area contributed by atoms with Crippen molar-refractivity contribution in [2.45, 2.75) is 70.1 Å². The van der Waals surface area contributed by atoms with Crippen LogP contribution in [-0.4, -0.2) is 75.9 Å². The van der Waals surface area contributed by atoms with Crippen LogP contribution >= 0.6 is 0 Å². The van der Waals surface area contributed by atoms with E-state index >= 15 is 0 Å². The van der Waals surface area contributed by atoms with Crippen molar-refractivity contribution in [2.75, 3.05) is 38.1 Å². The van der Waals surface area contributed by atoms with Crippen LogP contribution in [0.1, 0.15) is 56.0 Å². The van der Waals surface area contributed by atoms with Crippen LogP contribution in [0.15, 0.2) is 47.4 Å². The van der Waals surface area contributed by atoms with Crippen molar-refractivity contribution in [3.63, 3.8) is 0 Å². The Hall–Kier alpha value is -2.66. The Morgan fingerprint density at radius 2 is 1.85 bits per heavy atom. The number of carbonyl (C=O) groups excluding carboxylic acids is 1. The van der Waals surface area contributed by atoms with E-state index in [1.54, 1.807) is 48.2 Å². The number of benzene rings is 2. The second-order valence-corrected chi connectivity index (χ2v) is 12.2. The normalized spacial score (nSPS) is 22.4. The molecule has 0 radical (unpaired) electrons. The van der Waals surface area contributed by atoms with Crippen molar-refractivity contribution in [2.24, 2.45) is 5.92 Å². The van der Waals surface area contributed by atoms with E-state index in [9.17, 15) is 18.3 Å². The summed E-state index contributed by atoms with van der Waals surface area (Å²) in [5, 5.41) is 13.2. The van der Waals surface area contributed by atoms with E-state index in [4.69, 9.17) is 9.47 Å². The van der Waals surface area contributed by atoms with Crippen molar-refractivity contribution in [1.82, 2.24) is 10.2 Å². The van der Waals surface area contributed by atoms with Crippen LogP contribution in [0.25, 0.3) is 0 Å². The van der Waals surface area contributed by atoms with Crippen molar-refractivity contribution in [1.29, 1.82) is 0 Å². The first-order chi connectivity index (χ1) is 18.6. The lowest BCUT2D eigenvalue weighted by Crippen LogP contribution is -2.47. The average molecular weight is 562 g/mol. The van der Waals surface area contributed by atoms with E-state index in [1.165, 1.54) is 6.07 Å². The van der Waals surface area contributed by atoms with Gasteiger partial charge in [-0.3, -0.25) is 9.52 Å².